The maximum atomic E-state index is 10.3. The van der Waals surface area contributed by atoms with Gasteiger partial charge in [0.1, 0.15) is 0 Å². The Hall–Kier alpha value is -0.830. The third-order valence-corrected chi connectivity index (χ3v) is 1.72. The van der Waals surface area contributed by atoms with Gasteiger partial charge in [-0.15, -0.1) is 0 Å². The standard InChI is InChI=1S/C9H16O3/c1-3-4-5-6-7(2)8(10)9(11)12/h8,10H,2-6H2,1H3,(H,11,12). The fraction of sp³-hybridized carbons (Fsp3) is 0.667. The van der Waals surface area contributed by atoms with Crippen molar-refractivity contribution < 1.29 is 15.0 Å². The third-order valence-electron chi connectivity index (χ3n) is 1.72. The van der Waals surface area contributed by atoms with Crippen molar-refractivity contribution in [3.05, 3.63) is 12.2 Å². The van der Waals surface area contributed by atoms with Crippen LogP contribution in [0.15, 0.2) is 12.2 Å². The van der Waals surface area contributed by atoms with Crippen LogP contribution in [0.3, 0.4) is 0 Å². The summed E-state index contributed by atoms with van der Waals surface area (Å²) in [6.45, 7) is 5.58. The molecule has 0 aliphatic rings. The molecule has 0 rings (SSSR count). The highest BCUT2D eigenvalue weighted by Crippen LogP contribution is 2.10. The highest BCUT2D eigenvalue weighted by Gasteiger charge is 2.15. The maximum Gasteiger partial charge on any atom is 0.336 e. The number of carbonyl (C=O) groups is 1. The van der Waals surface area contributed by atoms with E-state index in [1.54, 1.807) is 0 Å². The van der Waals surface area contributed by atoms with Crippen LogP contribution in [-0.4, -0.2) is 22.3 Å². The molecule has 0 saturated heterocycles. The van der Waals surface area contributed by atoms with Crippen LogP contribution in [0.2, 0.25) is 0 Å². The summed E-state index contributed by atoms with van der Waals surface area (Å²) in [6, 6.07) is 0. The monoisotopic (exact) mass is 172 g/mol. The number of rotatable bonds is 6. The second-order valence-electron chi connectivity index (χ2n) is 2.86. The van der Waals surface area contributed by atoms with Crippen molar-refractivity contribution >= 4 is 5.97 Å². The zero-order valence-corrected chi connectivity index (χ0v) is 7.42. The van der Waals surface area contributed by atoms with E-state index in [-0.39, 0.29) is 0 Å². The zero-order chi connectivity index (χ0) is 9.56. The van der Waals surface area contributed by atoms with Crippen molar-refractivity contribution in [2.24, 2.45) is 0 Å². The smallest absolute Gasteiger partial charge is 0.336 e. The van der Waals surface area contributed by atoms with Crippen LogP contribution in [0, 0.1) is 0 Å². The van der Waals surface area contributed by atoms with Crippen LogP contribution in [0.1, 0.15) is 32.6 Å². The van der Waals surface area contributed by atoms with E-state index >= 15 is 0 Å². The number of carboxylic acid groups (broad SMARTS) is 1. The van der Waals surface area contributed by atoms with Gasteiger partial charge < -0.3 is 10.2 Å². The molecular formula is C9H16O3. The summed E-state index contributed by atoms with van der Waals surface area (Å²) in [5.74, 6) is -1.21. The maximum absolute atomic E-state index is 10.3. The number of hydrogen-bond acceptors (Lipinski definition) is 2. The van der Waals surface area contributed by atoms with Crippen LogP contribution >= 0.6 is 0 Å². The summed E-state index contributed by atoms with van der Waals surface area (Å²) in [5, 5.41) is 17.4. The molecule has 0 spiro atoms. The van der Waals surface area contributed by atoms with Crippen LogP contribution in [0.25, 0.3) is 0 Å². The zero-order valence-electron chi connectivity index (χ0n) is 7.42. The molecule has 0 radical (unpaired) electrons. The minimum absolute atomic E-state index is 0.399. The van der Waals surface area contributed by atoms with Gasteiger partial charge >= 0.3 is 5.97 Å². The first kappa shape index (κ1) is 11.2. The second kappa shape index (κ2) is 5.77. The Morgan fingerprint density at radius 3 is 2.50 bits per heavy atom. The Labute approximate surface area is 72.7 Å². The van der Waals surface area contributed by atoms with Crippen LogP contribution in [-0.2, 0) is 4.79 Å². The van der Waals surface area contributed by atoms with Gasteiger partial charge in [-0.2, -0.15) is 0 Å². The molecule has 0 bridgehead atoms. The topological polar surface area (TPSA) is 57.5 Å². The number of aliphatic carboxylic acids is 1. The second-order valence-corrected chi connectivity index (χ2v) is 2.86. The van der Waals surface area contributed by atoms with Crippen molar-refractivity contribution in [2.75, 3.05) is 0 Å². The summed E-state index contributed by atoms with van der Waals surface area (Å²) in [7, 11) is 0. The number of aliphatic hydroxyl groups excluding tert-OH is 1. The first-order valence-corrected chi connectivity index (χ1v) is 4.18. The van der Waals surface area contributed by atoms with Gasteiger partial charge in [0.15, 0.2) is 6.10 Å². The van der Waals surface area contributed by atoms with Crippen LogP contribution in [0.4, 0.5) is 0 Å². The van der Waals surface area contributed by atoms with Gasteiger partial charge in [-0.1, -0.05) is 26.3 Å². The van der Waals surface area contributed by atoms with E-state index < -0.39 is 12.1 Å². The summed E-state index contributed by atoms with van der Waals surface area (Å²) in [5.41, 5.74) is 0.399. The Balaban J connectivity index is 3.65. The van der Waals surface area contributed by atoms with Gasteiger partial charge in [-0.25, -0.2) is 4.79 Å². The van der Waals surface area contributed by atoms with Gasteiger partial charge in [0.2, 0.25) is 0 Å². The number of carboxylic acids is 1. The molecule has 0 amide bonds. The number of hydrogen-bond donors (Lipinski definition) is 2. The normalized spacial score (nSPS) is 12.5. The summed E-state index contributed by atoms with van der Waals surface area (Å²) in [4.78, 5) is 10.3. The molecule has 1 unspecified atom stereocenters. The predicted molar refractivity (Wildman–Crippen MR) is 46.9 cm³/mol. The van der Waals surface area contributed by atoms with Gasteiger partial charge in [-0.3, -0.25) is 0 Å². The molecule has 1 atom stereocenters. The molecule has 0 fully saturated rings. The first-order valence-electron chi connectivity index (χ1n) is 4.18. The molecule has 0 aromatic heterocycles. The SMILES string of the molecule is C=C(CCCCC)C(O)C(=O)O. The lowest BCUT2D eigenvalue weighted by Crippen LogP contribution is -2.21. The van der Waals surface area contributed by atoms with Crippen molar-refractivity contribution in [2.45, 2.75) is 38.7 Å². The third kappa shape index (κ3) is 4.13. The summed E-state index contributed by atoms with van der Waals surface area (Å²) < 4.78 is 0. The molecule has 70 valence electrons. The molecule has 2 N–H and O–H groups in total. The number of unbranched alkanes of at least 4 members (excludes halogenated alkanes) is 2. The lowest BCUT2D eigenvalue weighted by Gasteiger charge is -2.08. The van der Waals surface area contributed by atoms with E-state index in [9.17, 15) is 4.79 Å². The fourth-order valence-corrected chi connectivity index (χ4v) is 0.913. The first-order chi connectivity index (χ1) is 5.59. The molecule has 0 heterocycles. The minimum Gasteiger partial charge on any atom is -0.479 e. The van der Waals surface area contributed by atoms with Crippen molar-refractivity contribution in [1.82, 2.24) is 0 Å². The van der Waals surface area contributed by atoms with Gasteiger partial charge in [0.05, 0.1) is 0 Å². The average molecular weight is 172 g/mol. The van der Waals surface area contributed by atoms with Gasteiger partial charge in [0, 0.05) is 0 Å². The summed E-state index contributed by atoms with van der Waals surface area (Å²) in [6.07, 6.45) is 2.24. The molecule has 0 aliphatic carbocycles. The lowest BCUT2D eigenvalue weighted by molar-refractivity contribution is -0.144. The Morgan fingerprint density at radius 1 is 1.50 bits per heavy atom. The Kier molecular flexibility index (Phi) is 5.37. The quantitative estimate of drug-likeness (QED) is 0.472. The molecule has 0 saturated carbocycles. The number of aliphatic hydroxyl groups is 1. The summed E-state index contributed by atoms with van der Waals surface area (Å²) >= 11 is 0. The van der Waals surface area contributed by atoms with Gasteiger partial charge in [-0.05, 0) is 18.4 Å². The van der Waals surface area contributed by atoms with E-state index in [1.165, 1.54) is 0 Å². The highest BCUT2D eigenvalue weighted by atomic mass is 16.4. The molecule has 12 heavy (non-hydrogen) atoms. The Morgan fingerprint density at radius 2 is 2.08 bits per heavy atom. The minimum atomic E-state index is -1.39. The van der Waals surface area contributed by atoms with E-state index in [1.807, 2.05) is 0 Å². The van der Waals surface area contributed by atoms with Crippen molar-refractivity contribution in [3.8, 4) is 0 Å². The average Bonchev–Trinajstić information content (AvgIpc) is 2.03. The van der Waals surface area contributed by atoms with E-state index in [4.69, 9.17) is 10.2 Å². The van der Waals surface area contributed by atoms with E-state index in [0.29, 0.717) is 12.0 Å². The Bertz CT molecular complexity index is 163. The van der Waals surface area contributed by atoms with E-state index in [0.717, 1.165) is 19.3 Å². The molecule has 0 aliphatic heterocycles. The van der Waals surface area contributed by atoms with Crippen LogP contribution in [0.5, 0.6) is 0 Å². The van der Waals surface area contributed by atoms with Gasteiger partial charge in [0.25, 0.3) is 0 Å². The largest absolute Gasteiger partial charge is 0.479 e. The molecule has 3 heteroatoms. The highest BCUT2D eigenvalue weighted by molar-refractivity contribution is 5.75. The molecule has 0 aromatic rings. The molecular weight excluding hydrogens is 156 g/mol. The molecule has 0 aromatic carbocycles. The van der Waals surface area contributed by atoms with Crippen molar-refractivity contribution in [1.29, 1.82) is 0 Å². The lowest BCUT2D eigenvalue weighted by atomic mass is 10.0. The van der Waals surface area contributed by atoms with Crippen molar-refractivity contribution in [3.63, 3.8) is 0 Å². The molecule has 3 nitrogen and oxygen atoms in total. The predicted octanol–water partition coefficient (Wildman–Crippen LogP) is 1.57. The van der Waals surface area contributed by atoms with Crippen LogP contribution < -0.4 is 0 Å². The fourth-order valence-electron chi connectivity index (χ4n) is 0.913. The van der Waals surface area contributed by atoms with E-state index in [2.05, 4.69) is 13.5 Å².